The van der Waals surface area contributed by atoms with Crippen LogP contribution in [-0.2, 0) is 6.61 Å². The minimum absolute atomic E-state index is 0.00926. The number of hydrogen-bond donors (Lipinski definition) is 2. The first-order chi connectivity index (χ1) is 6.60. The summed E-state index contributed by atoms with van der Waals surface area (Å²) < 4.78 is 29.5. The molecule has 6 heteroatoms. The Balaban J connectivity index is 3.28. The van der Waals surface area contributed by atoms with Gasteiger partial charge in [-0.1, -0.05) is 0 Å². The smallest absolute Gasteiger partial charge is 0.280 e. The van der Waals surface area contributed by atoms with Crippen LogP contribution in [0.25, 0.3) is 0 Å². The number of aliphatic hydroxyl groups excluding tert-OH is 1. The molecule has 78 valence electrons. The number of alkyl halides is 2. The summed E-state index contributed by atoms with van der Waals surface area (Å²) >= 11 is 0. The molecule has 0 spiro atoms. The number of nitrogen functional groups attached to an aromatic ring is 1. The van der Waals surface area contributed by atoms with Crippen LogP contribution in [0.5, 0.6) is 5.88 Å². The van der Waals surface area contributed by atoms with Gasteiger partial charge in [-0.05, 0) is 0 Å². The molecule has 0 aliphatic heterocycles. The molecule has 0 bridgehead atoms. The third-order valence-corrected chi connectivity index (χ3v) is 1.74. The highest BCUT2D eigenvalue weighted by molar-refractivity contribution is 5.51. The van der Waals surface area contributed by atoms with Crippen LogP contribution >= 0.6 is 0 Å². The van der Waals surface area contributed by atoms with Gasteiger partial charge in [0, 0.05) is 17.3 Å². The maximum absolute atomic E-state index is 12.4. The summed E-state index contributed by atoms with van der Waals surface area (Å²) in [6.45, 7) is -0.567. The number of rotatable bonds is 3. The fourth-order valence-corrected chi connectivity index (χ4v) is 1.04. The van der Waals surface area contributed by atoms with Gasteiger partial charge in [-0.25, -0.2) is 13.8 Å². The summed E-state index contributed by atoms with van der Waals surface area (Å²) in [6.07, 6.45) is -2.78. The van der Waals surface area contributed by atoms with E-state index in [1.165, 1.54) is 13.2 Å². The number of ether oxygens (including phenoxy) is 1. The van der Waals surface area contributed by atoms with Crippen molar-refractivity contribution >= 4 is 5.69 Å². The molecule has 3 N–H and O–H groups in total. The number of hydrogen-bond acceptors (Lipinski definition) is 4. The number of aromatic nitrogens is 1. The average molecular weight is 204 g/mol. The van der Waals surface area contributed by atoms with Crippen molar-refractivity contribution in [1.29, 1.82) is 0 Å². The number of nitrogens with two attached hydrogens (primary N) is 1. The van der Waals surface area contributed by atoms with Gasteiger partial charge in [0.25, 0.3) is 6.43 Å². The standard InChI is InChI=1S/C8H10F2N2O2/c1-14-6-2-5(11)4(3-13)7(12-6)8(9)10/h2,8,13H,3H2,1H3,(H2,11,12). The molecule has 14 heavy (non-hydrogen) atoms. The van der Waals surface area contributed by atoms with Crippen molar-refractivity contribution < 1.29 is 18.6 Å². The van der Waals surface area contributed by atoms with Crippen LogP contribution in [0.15, 0.2) is 6.07 Å². The van der Waals surface area contributed by atoms with Crippen molar-refractivity contribution in [3.63, 3.8) is 0 Å². The Bertz CT molecular complexity index is 331. The number of halogens is 2. The SMILES string of the molecule is COc1cc(N)c(CO)c(C(F)F)n1. The van der Waals surface area contributed by atoms with Crippen molar-refractivity contribution in [2.24, 2.45) is 0 Å². The summed E-state index contributed by atoms with van der Waals surface area (Å²) in [5, 5.41) is 8.82. The van der Waals surface area contributed by atoms with E-state index in [0.717, 1.165) is 0 Å². The quantitative estimate of drug-likeness (QED) is 0.773. The Morgan fingerprint density at radius 3 is 2.71 bits per heavy atom. The van der Waals surface area contributed by atoms with Crippen LogP contribution < -0.4 is 10.5 Å². The van der Waals surface area contributed by atoms with Crippen molar-refractivity contribution in [2.75, 3.05) is 12.8 Å². The number of nitrogens with zero attached hydrogens (tertiary/aromatic N) is 1. The lowest BCUT2D eigenvalue weighted by Gasteiger charge is -2.10. The summed E-state index contributed by atoms with van der Waals surface area (Å²) in [7, 11) is 1.30. The second-order valence-corrected chi connectivity index (χ2v) is 2.58. The van der Waals surface area contributed by atoms with Crippen molar-refractivity contribution in [1.82, 2.24) is 4.98 Å². The second-order valence-electron chi connectivity index (χ2n) is 2.58. The molecular formula is C8H10F2N2O2. The number of pyridine rings is 1. The zero-order valence-electron chi connectivity index (χ0n) is 7.50. The van der Waals surface area contributed by atoms with Crippen molar-refractivity contribution in [3.05, 3.63) is 17.3 Å². The maximum atomic E-state index is 12.4. The maximum Gasteiger partial charge on any atom is 0.280 e. The molecule has 0 aliphatic rings. The van der Waals surface area contributed by atoms with Gasteiger partial charge in [0.15, 0.2) is 0 Å². The largest absolute Gasteiger partial charge is 0.481 e. The molecule has 0 fully saturated rings. The molecule has 1 aromatic heterocycles. The molecule has 0 aromatic carbocycles. The van der Waals surface area contributed by atoms with E-state index in [1.807, 2.05) is 0 Å². The average Bonchev–Trinajstić information content (AvgIpc) is 2.16. The molecule has 0 saturated heterocycles. The van der Waals surface area contributed by atoms with Crippen LogP contribution in [0.3, 0.4) is 0 Å². The summed E-state index contributed by atoms with van der Waals surface area (Å²) in [4.78, 5) is 3.51. The molecule has 4 nitrogen and oxygen atoms in total. The van der Waals surface area contributed by atoms with Gasteiger partial charge >= 0.3 is 0 Å². The first-order valence-electron chi connectivity index (χ1n) is 3.82. The van der Waals surface area contributed by atoms with Crippen molar-refractivity contribution in [3.8, 4) is 5.88 Å². The lowest BCUT2D eigenvalue weighted by molar-refractivity contribution is 0.140. The highest BCUT2D eigenvalue weighted by atomic mass is 19.3. The molecule has 0 atom stereocenters. The van der Waals surface area contributed by atoms with Gasteiger partial charge in [-0.3, -0.25) is 0 Å². The Hall–Kier alpha value is -1.43. The number of anilines is 1. The number of methoxy groups -OCH3 is 1. The van der Waals surface area contributed by atoms with E-state index >= 15 is 0 Å². The third-order valence-electron chi connectivity index (χ3n) is 1.74. The third kappa shape index (κ3) is 1.90. The second kappa shape index (κ2) is 4.19. The van der Waals surface area contributed by atoms with Gasteiger partial charge in [-0.15, -0.1) is 0 Å². The topological polar surface area (TPSA) is 68.4 Å². The Kier molecular flexibility index (Phi) is 3.19. The monoisotopic (exact) mass is 204 g/mol. The summed E-state index contributed by atoms with van der Waals surface area (Å²) in [5.41, 5.74) is 4.89. The van der Waals surface area contributed by atoms with E-state index in [0.29, 0.717) is 0 Å². The molecule has 1 heterocycles. The minimum atomic E-state index is -2.78. The van der Waals surface area contributed by atoms with Crippen molar-refractivity contribution in [2.45, 2.75) is 13.0 Å². The highest BCUT2D eigenvalue weighted by Gasteiger charge is 2.18. The van der Waals surface area contributed by atoms with E-state index in [-0.39, 0.29) is 17.1 Å². The first-order valence-corrected chi connectivity index (χ1v) is 3.82. The molecule has 0 amide bonds. The Morgan fingerprint density at radius 2 is 2.29 bits per heavy atom. The predicted molar refractivity (Wildman–Crippen MR) is 46.1 cm³/mol. The summed E-state index contributed by atoms with van der Waals surface area (Å²) in [5.74, 6) is 0.00926. The highest BCUT2D eigenvalue weighted by Crippen LogP contribution is 2.28. The van der Waals surface area contributed by atoms with Gasteiger partial charge in [0.2, 0.25) is 5.88 Å². The molecule has 0 unspecified atom stereocenters. The Labute approximate surface area is 79.3 Å². The Morgan fingerprint density at radius 1 is 1.64 bits per heavy atom. The molecule has 0 aliphatic carbocycles. The lowest BCUT2D eigenvalue weighted by Crippen LogP contribution is -2.05. The minimum Gasteiger partial charge on any atom is -0.481 e. The molecule has 0 saturated carbocycles. The fourth-order valence-electron chi connectivity index (χ4n) is 1.04. The molecule has 1 rings (SSSR count). The summed E-state index contributed by atoms with van der Waals surface area (Å²) in [6, 6.07) is 1.29. The van der Waals surface area contributed by atoms with E-state index in [1.54, 1.807) is 0 Å². The van der Waals surface area contributed by atoms with E-state index < -0.39 is 18.7 Å². The van der Waals surface area contributed by atoms with Gasteiger partial charge in [0.05, 0.1) is 13.7 Å². The fraction of sp³-hybridized carbons (Fsp3) is 0.375. The molecular weight excluding hydrogens is 194 g/mol. The van der Waals surface area contributed by atoms with E-state index in [4.69, 9.17) is 10.8 Å². The van der Waals surface area contributed by atoms with Crippen LogP contribution in [0.4, 0.5) is 14.5 Å². The van der Waals surface area contributed by atoms with Gasteiger partial charge in [0.1, 0.15) is 5.69 Å². The lowest BCUT2D eigenvalue weighted by atomic mass is 10.1. The van der Waals surface area contributed by atoms with Crippen LogP contribution in [0, 0.1) is 0 Å². The number of aliphatic hydroxyl groups is 1. The zero-order chi connectivity index (χ0) is 10.7. The first kappa shape index (κ1) is 10.6. The van der Waals surface area contributed by atoms with Crippen LogP contribution in [-0.4, -0.2) is 17.2 Å². The van der Waals surface area contributed by atoms with Gasteiger partial charge in [-0.2, -0.15) is 0 Å². The van der Waals surface area contributed by atoms with E-state index in [2.05, 4.69) is 9.72 Å². The predicted octanol–water partition coefficient (Wildman–Crippen LogP) is 1.10. The molecule has 0 radical (unpaired) electrons. The van der Waals surface area contributed by atoms with E-state index in [9.17, 15) is 8.78 Å². The molecule has 1 aromatic rings. The van der Waals surface area contributed by atoms with Crippen LogP contribution in [0.1, 0.15) is 17.7 Å². The normalized spacial score (nSPS) is 10.6. The van der Waals surface area contributed by atoms with Gasteiger partial charge < -0.3 is 15.6 Å². The zero-order valence-corrected chi connectivity index (χ0v) is 7.50. The van der Waals surface area contributed by atoms with Crippen LogP contribution in [0.2, 0.25) is 0 Å².